The van der Waals surface area contributed by atoms with Gasteiger partial charge in [0, 0.05) is 31.6 Å². The number of rotatable bonds is 18. The smallest absolute Gasteiger partial charge is 0.407 e. The van der Waals surface area contributed by atoms with E-state index in [0.29, 0.717) is 29.6 Å². The molecule has 1 heterocycles. The van der Waals surface area contributed by atoms with Gasteiger partial charge in [0.15, 0.2) is 0 Å². The summed E-state index contributed by atoms with van der Waals surface area (Å²) in [6, 6.07) is 12.1. The molecule has 1 aliphatic rings. The first-order valence-electron chi connectivity index (χ1n) is 15.2. The predicted molar refractivity (Wildman–Crippen MR) is 171 cm³/mol. The van der Waals surface area contributed by atoms with Crippen LogP contribution in [0.15, 0.2) is 59.5 Å². The van der Waals surface area contributed by atoms with Crippen molar-refractivity contribution in [3.8, 4) is 0 Å². The van der Waals surface area contributed by atoms with Gasteiger partial charge in [-0.3, -0.25) is 14.7 Å². The number of ether oxygens (including phenoxy) is 2. The van der Waals surface area contributed by atoms with Crippen molar-refractivity contribution >= 4 is 29.6 Å². The topological polar surface area (TPSA) is 187 Å². The second-order valence-electron chi connectivity index (χ2n) is 12.7. The molecule has 47 heavy (non-hydrogen) atoms. The third-order valence-corrected chi connectivity index (χ3v) is 10.00. The quantitative estimate of drug-likeness (QED) is 0.104. The van der Waals surface area contributed by atoms with Crippen LogP contribution in [0.5, 0.6) is 0 Å². The highest BCUT2D eigenvalue weighted by Crippen LogP contribution is 2.41. The van der Waals surface area contributed by atoms with E-state index in [2.05, 4.69) is 5.32 Å². The molecule has 262 valence electrons. The maximum atomic E-state index is 14.0. The molecule has 0 aliphatic carbocycles. The second kappa shape index (κ2) is 16.9. The fraction of sp³-hybridized carbons (Fsp3) is 0.567. The monoisotopic (exact) mass is 700 g/mol. The molecule has 1 fully saturated rings. The highest BCUT2D eigenvalue weighted by molar-refractivity contribution is 7.89. The average molecular weight is 701 g/mol. The molecule has 1 aliphatic heterocycles. The van der Waals surface area contributed by atoms with E-state index in [9.17, 15) is 32.8 Å². The van der Waals surface area contributed by atoms with Crippen LogP contribution >= 0.6 is 7.82 Å². The van der Waals surface area contributed by atoms with E-state index in [1.165, 1.54) is 0 Å². The van der Waals surface area contributed by atoms with E-state index in [4.69, 9.17) is 18.5 Å². The summed E-state index contributed by atoms with van der Waals surface area (Å²) < 4.78 is 64.2. The van der Waals surface area contributed by atoms with Crippen LogP contribution in [0.4, 0.5) is 10.5 Å². The number of carbonyl (C=O) groups excluding carboxylic acids is 1. The number of alkyl carbamates (subject to hydrolysis) is 1. The summed E-state index contributed by atoms with van der Waals surface area (Å²) in [5.41, 5.74) is 0.410. The van der Waals surface area contributed by atoms with Gasteiger partial charge < -0.3 is 33.2 Å². The van der Waals surface area contributed by atoms with Crippen LogP contribution in [0.25, 0.3) is 0 Å². The number of hydrogen-bond acceptors (Lipinski definition) is 11. The number of hydrogen-bond donors (Lipinski definition) is 1. The Bertz CT molecular complexity index is 1460. The minimum absolute atomic E-state index is 0.0494. The molecular formula is C30H45N4O11PS. The Morgan fingerprint density at radius 3 is 2.34 bits per heavy atom. The van der Waals surface area contributed by atoms with Crippen molar-refractivity contribution in [3.63, 3.8) is 0 Å². The lowest BCUT2D eigenvalue weighted by Crippen LogP contribution is -2.52. The molecule has 4 atom stereocenters. The van der Waals surface area contributed by atoms with Gasteiger partial charge in [-0.25, -0.2) is 13.2 Å². The van der Waals surface area contributed by atoms with E-state index in [1.807, 2.05) is 21.1 Å². The number of likely N-dealkylation sites (N-methyl/N-ethyl adjacent to an activating group) is 1. The number of nitrogens with zero attached hydrogens (tertiary/aromatic N) is 3. The highest BCUT2D eigenvalue weighted by Gasteiger charge is 2.36. The Labute approximate surface area is 276 Å². The Hall–Kier alpha value is -2.95. The van der Waals surface area contributed by atoms with Crippen LogP contribution in [0, 0.1) is 16.0 Å². The van der Waals surface area contributed by atoms with E-state index in [0.717, 1.165) is 28.6 Å². The van der Waals surface area contributed by atoms with Gasteiger partial charge in [-0.15, -0.1) is 0 Å². The summed E-state index contributed by atoms with van der Waals surface area (Å²) in [6.07, 6.45) is -2.30. The summed E-state index contributed by atoms with van der Waals surface area (Å²) in [7, 11) is -3.84. The average Bonchev–Trinajstić information content (AvgIpc) is 3.48. The Balaban J connectivity index is 2.02. The zero-order valence-electron chi connectivity index (χ0n) is 27.4. The molecule has 3 rings (SSSR count). The lowest BCUT2D eigenvalue weighted by atomic mass is 10.0. The van der Waals surface area contributed by atoms with Gasteiger partial charge in [-0.05, 0) is 30.0 Å². The van der Waals surface area contributed by atoms with Crippen molar-refractivity contribution in [3.05, 3.63) is 70.3 Å². The van der Waals surface area contributed by atoms with Crippen LogP contribution in [-0.4, -0.2) is 107 Å². The molecule has 1 N–H and O–H groups in total. The lowest BCUT2D eigenvalue weighted by Gasteiger charge is -2.36. The van der Waals surface area contributed by atoms with E-state index < -0.39 is 53.7 Å². The van der Waals surface area contributed by atoms with Crippen molar-refractivity contribution in [2.24, 2.45) is 5.92 Å². The summed E-state index contributed by atoms with van der Waals surface area (Å²) in [6.45, 7) is 3.74. The van der Waals surface area contributed by atoms with Gasteiger partial charge in [0.2, 0.25) is 10.0 Å². The number of nitro groups is 1. The fourth-order valence-corrected chi connectivity index (χ4v) is 7.24. The molecule has 17 heteroatoms. The molecular weight excluding hydrogens is 655 g/mol. The van der Waals surface area contributed by atoms with Crippen LogP contribution in [0.1, 0.15) is 25.8 Å². The van der Waals surface area contributed by atoms with Crippen molar-refractivity contribution in [1.82, 2.24) is 9.62 Å². The number of non-ortho nitro benzene ring substituents is 1. The van der Waals surface area contributed by atoms with Crippen LogP contribution in [0.2, 0.25) is 0 Å². The predicted octanol–water partition coefficient (Wildman–Crippen LogP) is 2.94. The standard InChI is InChI=1S/C30H45N4O11PS/c1-23(2)20-32(47(40,41)27-13-11-25(12-14-27)33(36)37)21-29(45-46(38,39)43-18-16-34(3,4)5)28(19-24-9-7-6-8-10-24)31-30(35)44-26-15-17-42-22-26/h6-14,23,26,28-29H,15-22H2,1-5H3,(H-,31,35,38,39)/t26-,28-,29+/m0/s1. The van der Waals surface area contributed by atoms with Crippen molar-refractivity contribution < 1.29 is 50.6 Å². The number of nitro benzene ring substituents is 1. The zero-order chi connectivity index (χ0) is 34.8. The summed E-state index contributed by atoms with van der Waals surface area (Å²) in [5, 5.41) is 13.9. The van der Waals surface area contributed by atoms with Crippen LogP contribution in [0.3, 0.4) is 0 Å². The van der Waals surface area contributed by atoms with Gasteiger partial charge in [-0.1, -0.05) is 44.2 Å². The molecule has 1 unspecified atom stereocenters. The third kappa shape index (κ3) is 12.9. The van der Waals surface area contributed by atoms with Crippen molar-refractivity contribution in [2.75, 3.05) is 60.6 Å². The van der Waals surface area contributed by atoms with Gasteiger partial charge in [0.1, 0.15) is 25.4 Å². The number of sulfonamides is 1. The molecule has 2 aromatic rings. The van der Waals surface area contributed by atoms with Gasteiger partial charge in [0.25, 0.3) is 13.5 Å². The van der Waals surface area contributed by atoms with Crippen LogP contribution in [-0.2, 0) is 39.5 Å². The normalized spacial score (nSPS) is 18.1. The zero-order valence-corrected chi connectivity index (χ0v) is 29.1. The van der Waals surface area contributed by atoms with Crippen molar-refractivity contribution in [2.45, 2.75) is 49.8 Å². The van der Waals surface area contributed by atoms with Gasteiger partial charge >= 0.3 is 6.09 Å². The maximum Gasteiger partial charge on any atom is 0.407 e. The number of benzene rings is 2. The van der Waals surface area contributed by atoms with Gasteiger partial charge in [-0.2, -0.15) is 4.31 Å². The number of phosphoric acid groups is 1. The van der Waals surface area contributed by atoms with E-state index in [1.54, 1.807) is 44.2 Å². The second-order valence-corrected chi connectivity index (χ2v) is 16.0. The number of amides is 1. The molecule has 2 aromatic carbocycles. The SMILES string of the molecule is CC(C)CN(C[C@@H](OP(=O)([O-])OCC[N+](C)(C)C)[C@H](Cc1ccccc1)NC(=O)O[C@H]1CCOC1)S(=O)(=O)c1ccc([N+](=O)[O-])cc1. The molecule has 0 bridgehead atoms. The minimum Gasteiger partial charge on any atom is -0.756 e. The van der Waals surface area contributed by atoms with Gasteiger partial charge in [0.05, 0.1) is 50.2 Å². The largest absolute Gasteiger partial charge is 0.756 e. The molecule has 0 saturated carbocycles. The van der Waals surface area contributed by atoms with E-state index >= 15 is 0 Å². The third-order valence-electron chi connectivity index (χ3n) is 7.13. The summed E-state index contributed by atoms with van der Waals surface area (Å²) in [4.78, 5) is 36.7. The number of phosphoric ester groups is 1. The first kappa shape index (κ1) is 38.5. The minimum atomic E-state index is -5.07. The Kier molecular flexibility index (Phi) is 13.9. The molecule has 0 aromatic heterocycles. The molecule has 0 radical (unpaired) electrons. The Morgan fingerprint density at radius 1 is 1.13 bits per heavy atom. The highest BCUT2D eigenvalue weighted by atomic mass is 32.2. The number of nitrogens with one attached hydrogen (secondary N) is 1. The molecule has 15 nitrogen and oxygen atoms in total. The first-order chi connectivity index (χ1) is 21.9. The lowest BCUT2D eigenvalue weighted by molar-refractivity contribution is -0.870. The molecule has 0 spiro atoms. The summed E-state index contributed by atoms with van der Waals surface area (Å²) in [5.74, 6) is -0.226. The van der Waals surface area contributed by atoms with Crippen molar-refractivity contribution in [1.29, 1.82) is 0 Å². The fourth-order valence-electron chi connectivity index (χ4n) is 4.71. The molecule has 1 amide bonds. The Morgan fingerprint density at radius 2 is 1.79 bits per heavy atom. The van der Waals surface area contributed by atoms with Crippen LogP contribution < -0.4 is 10.2 Å². The number of carbonyl (C=O) groups is 1. The maximum absolute atomic E-state index is 14.0. The summed E-state index contributed by atoms with van der Waals surface area (Å²) >= 11 is 0. The number of quaternary nitrogens is 1. The molecule has 1 saturated heterocycles. The first-order valence-corrected chi connectivity index (χ1v) is 18.1. The van der Waals surface area contributed by atoms with E-state index in [-0.39, 0.29) is 42.7 Å².